The SMILES string of the molecule is Cc1cc(NC(C)c2ccc(Cl)s2)c(Br)cc1[N+](=O)[O-]. The summed E-state index contributed by atoms with van der Waals surface area (Å²) in [6.07, 6.45) is 0. The second-order valence-electron chi connectivity index (χ2n) is 4.38. The summed E-state index contributed by atoms with van der Waals surface area (Å²) in [6.45, 7) is 3.74. The third kappa shape index (κ3) is 3.31. The number of nitrogens with one attached hydrogen (secondary N) is 1. The van der Waals surface area contributed by atoms with E-state index in [1.165, 1.54) is 17.4 Å². The van der Waals surface area contributed by atoms with Gasteiger partial charge in [0.1, 0.15) is 0 Å². The quantitative estimate of drug-likeness (QED) is 0.562. The summed E-state index contributed by atoms with van der Waals surface area (Å²) in [5.41, 5.74) is 1.55. The van der Waals surface area contributed by atoms with E-state index in [2.05, 4.69) is 21.2 Å². The Morgan fingerprint density at radius 2 is 2.15 bits per heavy atom. The van der Waals surface area contributed by atoms with Gasteiger partial charge < -0.3 is 5.32 Å². The number of anilines is 1. The monoisotopic (exact) mass is 374 g/mol. The van der Waals surface area contributed by atoms with Crippen LogP contribution < -0.4 is 5.32 Å². The van der Waals surface area contributed by atoms with Crippen molar-refractivity contribution in [3.8, 4) is 0 Å². The van der Waals surface area contributed by atoms with Crippen LogP contribution in [0.15, 0.2) is 28.7 Å². The highest BCUT2D eigenvalue weighted by Crippen LogP contribution is 2.34. The number of nitrogens with zero attached hydrogens (tertiary/aromatic N) is 1. The molecule has 4 nitrogen and oxygen atoms in total. The highest BCUT2D eigenvalue weighted by molar-refractivity contribution is 9.10. The first-order chi connectivity index (χ1) is 9.38. The minimum absolute atomic E-state index is 0.0738. The Morgan fingerprint density at radius 1 is 1.45 bits per heavy atom. The largest absolute Gasteiger partial charge is 0.377 e. The van der Waals surface area contributed by atoms with Crippen molar-refractivity contribution in [2.24, 2.45) is 0 Å². The topological polar surface area (TPSA) is 55.2 Å². The highest BCUT2D eigenvalue weighted by atomic mass is 79.9. The number of nitro benzene ring substituents is 1. The number of rotatable bonds is 4. The molecule has 1 unspecified atom stereocenters. The van der Waals surface area contributed by atoms with Gasteiger partial charge in [0.15, 0.2) is 0 Å². The maximum absolute atomic E-state index is 10.9. The normalized spacial score (nSPS) is 12.2. The number of hydrogen-bond acceptors (Lipinski definition) is 4. The third-order valence-electron chi connectivity index (χ3n) is 2.88. The number of nitro groups is 1. The summed E-state index contributed by atoms with van der Waals surface area (Å²) in [5.74, 6) is 0. The average Bonchev–Trinajstić information content (AvgIpc) is 2.79. The van der Waals surface area contributed by atoms with Crippen LogP contribution in [-0.2, 0) is 0 Å². The van der Waals surface area contributed by atoms with Crippen molar-refractivity contribution in [1.29, 1.82) is 0 Å². The molecule has 1 aromatic heterocycles. The van der Waals surface area contributed by atoms with Gasteiger partial charge >= 0.3 is 0 Å². The van der Waals surface area contributed by atoms with Gasteiger partial charge in [-0.15, -0.1) is 11.3 Å². The summed E-state index contributed by atoms with van der Waals surface area (Å²) in [6, 6.07) is 7.19. The first kappa shape index (κ1) is 15.3. The second-order valence-corrected chi connectivity index (χ2v) is 6.98. The number of benzene rings is 1. The summed E-state index contributed by atoms with van der Waals surface area (Å²) >= 11 is 10.8. The molecule has 1 N–H and O–H groups in total. The van der Waals surface area contributed by atoms with Crippen LogP contribution in [0.1, 0.15) is 23.4 Å². The number of hydrogen-bond donors (Lipinski definition) is 1. The van der Waals surface area contributed by atoms with Crippen molar-refractivity contribution in [2.45, 2.75) is 19.9 Å². The molecular weight excluding hydrogens is 364 g/mol. The molecule has 0 bridgehead atoms. The van der Waals surface area contributed by atoms with E-state index in [0.29, 0.717) is 10.0 Å². The zero-order valence-electron chi connectivity index (χ0n) is 10.8. The fourth-order valence-electron chi connectivity index (χ4n) is 1.84. The molecule has 1 atom stereocenters. The number of thiophene rings is 1. The fourth-order valence-corrected chi connectivity index (χ4v) is 3.35. The fraction of sp³-hybridized carbons (Fsp3) is 0.231. The van der Waals surface area contributed by atoms with Gasteiger partial charge in [0.2, 0.25) is 0 Å². The van der Waals surface area contributed by atoms with Crippen LogP contribution in [0.2, 0.25) is 4.34 Å². The van der Waals surface area contributed by atoms with Crippen molar-refractivity contribution in [2.75, 3.05) is 5.32 Å². The minimum Gasteiger partial charge on any atom is -0.377 e. The number of aryl methyl sites for hydroxylation is 1. The predicted octanol–water partition coefficient (Wildman–Crippen LogP) is 5.55. The van der Waals surface area contributed by atoms with E-state index in [0.717, 1.165) is 14.9 Å². The zero-order chi connectivity index (χ0) is 14.9. The first-order valence-corrected chi connectivity index (χ1v) is 7.83. The maximum atomic E-state index is 10.9. The van der Waals surface area contributed by atoms with Crippen molar-refractivity contribution in [1.82, 2.24) is 0 Å². The van der Waals surface area contributed by atoms with Gasteiger partial charge in [0.05, 0.1) is 15.3 Å². The van der Waals surface area contributed by atoms with Crippen molar-refractivity contribution in [3.63, 3.8) is 0 Å². The average molecular weight is 376 g/mol. The Bertz CT molecular complexity index is 660. The molecule has 20 heavy (non-hydrogen) atoms. The van der Waals surface area contributed by atoms with E-state index < -0.39 is 0 Å². The Balaban J connectivity index is 2.25. The molecule has 106 valence electrons. The molecule has 0 aliphatic heterocycles. The molecule has 0 spiro atoms. The standard InChI is InChI=1S/C13H12BrClN2O2S/c1-7-5-10(9(14)6-11(7)17(18)19)16-8(2)12-3-4-13(15)20-12/h3-6,8,16H,1-2H3. The lowest BCUT2D eigenvalue weighted by Crippen LogP contribution is -2.06. The van der Waals surface area contributed by atoms with Crippen LogP contribution in [0.4, 0.5) is 11.4 Å². The molecule has 0 radical (unpaired) electrons. The van der Waals surface area contributed by atoms with Crippen LogP contribution in [0.3, 0.4) is 0 Å². The molecule has 0 saturated carbocycles. The molecule has 0 fully saturated rings. The number of halogens is 2. The van der Waals surface area contributed by atoms with Gasteiger partial charge in [-0.3, -0.25) is 10.1 Å². The van der Waals surface area contributed by atoms with Gasteiger partial charge in [0.25, 0.3) is 5.69 Å². The van der Waals surface area contributed by atoms with Gasteiger partial charge in [0, 0.05) is 26.7 Å². The Morgan fingerprint density at radius 3 is 2.70 bits per heavy atom. The van der Waals surface area contributed by atoms with Crippen molar-refractivity contribution >= 4 is 50.2 Å². The van der Waals surface area contributed by atoms with E-state index in [1.807, 2.05) is 19.1 Å². The van der Waals surface area contributed by atoms with Gasteiger partial charge in [-0.25, -0.2) is 0 Å². The smallest absolute Gasteiger partial charge is 0.273 e. The van der Waals surface area contributed by atoms with E-state index in [9.17, 15) is 10.1 Å². The first-order valence-electron chi connectivity index (χ1n) is 5.85. The van der Waals surface area contributed by atoms with Gasteiger partial charge in [-0.05, 0) is 48.0 Å². The van der Waals surface area contributed by atoms with Crippen LogP contribution in [0.25, 0.3) is 0 Å². The molecule has 0 saturated heterocycles. The Labute approximate surface area is 134 Å². The van der Waals surface area contributed by atoms with Crippen molar-refractivity contribution in [3.05, 3.63) is 53.6 Å². The lowest BCUT2D eigenvalue weighted by atomic mass is 10.1. The Kier molecular flexibility index (Phi) is 4.67. The van der Waals surface area contributed by atoms with Crippen LogP contribution in [-0.4, -0.2) is 4.92 Å². The van der Waals surface area contributed by atoms with E-state index >= 15 is 0 Å². The zero-order valence-corrected chi connectivity index (χ0v) is 14.0. The van der Waals surface area contributed by atoms with E-state index in [4.69, 9.17) is 11.6 Å². The lowest BCUT2D eigenvalue weighted by molar-refractivity contribution is -0.385. The lowest BCUT2D eigenvalue weighted by Gasteiger charge is -2.15. The van der Waals surface area contributed by atoms with Gasteiger partial charge in [-0.1, -0.05) is 11.6 Å². The molecule has 1 aromatic carbocycles. The third-order valence-corrected chi connectivity index (χ3v) is 4.95. The van der Waals surface area contributed by atoms with E-state index in [-0.39, 0.29) is 16.7 Å². The maximum Gasteiger partial charge on any atom is 0.273 e. The molecule has 1 heterocycles. The molecule has 0 aliphatic rings. The molecular formula is C13H12BrClN2O2S. The second kappa shape index (κ2) is 6.11. The molecule has 0 amide bonds. The molecule has 7 heteroatoms. The highest BCUT2D eigenvalue weighted by Gasteiger charge is 2.16. The summed E-state index contributed by atoms with van der Waals surface area (Å²) in [5, 5.41) is 14.2. The van der Waals surface area contributed by atoms with E-state index in [1.54, 1.807) is 13.0 Å². The summed E-state index contributed by atoms with van der Waals surface area (Å²) < 4.78 is 1.41. The predicted molar refractivity (Wildman–Crippen MR) is 86.9 cm³/mol. The van der Waals surface area contributed by atoms with Crippen LogP contribution in [0, 0.1) is 17.0 Å². The van der Waals surface area contributed by atoms with Gasteiger partial charge in [-0.2, -0.15) is 0 Å². The summed E-state index contributed by atoms with van der Waals surface area (Å²) in [7, 11) is 0. The molecule has 2 aromatic rings. The summed E-state index contributed by atoms with van der Waals surface area (Å²) in [4.78, 5) is 11.6. The Hall–Kier alpha value is -1.11. The molecule has 0 aliphatic carbocycles. The van der Waals surface area contributed by atoms with Crippen LogP contribution in [0.5, 0.6) is 0 Å². The molecule has 2 rings (SSSR count). The van der Waals surface area contributed by atoms with Crippen LogP contribution >= 0.6 is 38.9 Å². The van der Waals surface area contributed by atoms with Crippen molar-refractivity contribution < 1.29 is 4.92 Å². The minimum atomic E-state index is -0.383.